The third kappa shape index (κ3) is 3.07. The van der Waals surface area contributed by atoms with Crippen LogP contribution in [0.5, 0.6) is 0 Å². The molecule has 0 radical (unpaired) electrons. The summed E-state index contributed by atoms with van der Waals surface area (Å²) in [5.74, 6) is -0.652. The van der Waals surface area contributed by atoms with Crippen LogP contribution < -0.4 is 5.32 Å². The first-order valence-corrected chi connectivity index (χ1v) is 6.12. The highest BCUT2D eigenvalue weighted by atomic mass is 16.4. The van der Waals surface area contributed by atoms with Gasteiger partial charge >= 0.3 is 5.97 Å². The number of aliphatic carboxylic acids is 1. The van der Waals surface area contributed by atoms with Gasteiger partial charge in [0.1, 0.15) is 0 Å². The fourth-order valence-corrected chi connectivity index (χ4v) is 2.05. The Morgan fingerprint density at radius 3 is 2.82 bits per heavy atom. The van der Waals surface area contributed by atoms with Gasteiger partial charge in [-0.2, -0.15) is 0 Å². The third-order valence-electron chi connectivity index (χ3n) is 3.44. The van der Waals surface area contributed by atoms with Crippen LogP contribution in [-0.2, 0) is 11.2 Å². The highest BCUT2D eigenvalue weighted by Crippen LogP contribution is 2.45. The second-order valence-corrected chi connectivity index (χ2v) is 5.00. The van der Waals surface area contributed by atoms with E-state index in [1.807, 2.05) is 0 Å². The summed E-state index contributed by atoms with van der Waals surface area (Å²) in [6.45, 7) is 3.53. The first-order valence-electron chi connectivity index (χ1n) is 6.12. The van der Waals surface area contributed by atoms with Gasteiger partial charge in [-0.25, -0.2) is 0 Å². The van der Waals surface area contributed by atoms with Crippen LogP contribution in [0.3, 0.4) is 0 Å². The molecule has 0 atom stereocenters. The van der Waals surface area contributed by atoms with Gasteiger partial charge < -0.3 is 10.4 Å². The van der Waals surface area contributed by atoms with E-state index < -0.39 is 11.4 Å². The summed E-state index contributed by atoms with van der Waals surface area (Å²) in [7, 11) is 0. The minimum Gasteiger partial charge on any atom is -0.481 e. The van der Waals surface area contributed by atoms with Crippen molar-refractivity contribution in [3.05, 3.63) is 35.4 Å². The van der Waals surface area contributed by atoms with Crippen molar-refractivity contribution >= 4 is 5.97 Å². The Labute approximate surface area is 102 Å². The van der Waals surface area contributed by atoms with Crippen molar-refractivity contribution in [1.29, 1.82) is 0 Å². The number of aryl methyl sites for hydroxylation is 1. The largest absolute Gasteiger partial charge is 0.481 e. The number of carboxylic acids is 1. The number of carboxylic acid groups (broad SMARTS) is 1. The highest BCUT2D eigenvalue weighted by Gasteiger charge is 2.49. The SMILES string of the molecule is Cc1cccc(CCNCC2(C(=O)O)CC2)c1. The molecule has 2 N–H and O–H groups in total. The molecule has 3 heteroatoms. The quantitative estimate of drug-likeness (QED) is 0.739. The van der Waals surface area contributed by atoms with E-state index >= 15 is 0 Å². The Morgan fingerprint density at radius 2 is 2.24 bits per heavy atom. The topological polar surface area (TPSA) is 49.3 Å². The van der Waals surface area contributed by atoms with Crippen LogP contribution >= 0.6 is 0 Å². The summed E-state index contributed by atoms with van der Waals surface area (Å²) < 4.78 is 0. The van der Waals surface area contributed by atoms with Gasteiger partial charge in [0.25, 0.3) is 0 Å². The van der Waals surface area contributed by atoms with E-state index in [0.717, 1.165) is 25.8 Å². The third-order valence-corrected chi connectivity index (χ3v) is 3.44. The Balaban J connectivity index is 1.72. The lowest BCUT2D eigenvalue weighted by atomic mass is 10.1. The minimum atomic E-state index is -0.652. The second-order valence-electron chi connectivity index (χ2n) is 5.00. The van der Waals surface area contributed by atoms with Crippen LogP contribution in [0.4, 0.5) is 0 Å². The predicted octanol–water partition coefficient (Wildman–Crippen LogP) is 1.99. The number of hydrogen-bond donors (Lipinski definition) is 2. The van der Waals surface area contributed by atoms with E-state index in [0.29, 0.717) is 6.54 Å². The van der Waals surface area contributed by atoms with Crippen molar-refractivity contribution in [2.75, 3.05) is 13.1 Å². The first-order chi connectivity index (χ1) is 8.12. The summed E-state index contributed by atoms with van der Waals surface area (Å²) in [6.07, 6.45) is 2.59. The van der Waals surface area contributed by atoms with Crippen molar-refractivity contribution in [2.24, 2.45) is 5.41 Å². The fourth-order valence-electron chi connectivity index (χ4n) is 2.05. The molecule has 0 unspecified atom stereocenters. The second kappa shape index (κ2) is 4.88. The molecule has 0 amide bonds. The van der Waals surface area contributed by atoms with Crippen molar-refractivity contribution < 1.29 is 9.90 Å². The zero-order chi connectivity index (χ0) is 12.3. The van der Waals surface area contributed by atoms with Crippen LogP contribution in [0, 0.1) is 12.3 Å². The van der Waals surface area contributed by atoms with E-state index in [2.05, 4.69) is 36.5 Å². The average molecular weight is 233 g/mol. The summed E-state index contributed by atoms with van der Waals surface area (Å²) in [5, 5.41) is 12.3. The van der Waals surface area contributed by atoms with E-state index in [9.17, 15) is 4.79 Å². The number of nitrogens with one attached hydrogen (secondary N) is 1. The maximum absolute atomic E-state index is 11.0. The van der Waals surface area contributed by atoms with Gasteiger partial charge in [0, 0.05) is 6.54 Å². The first kappa shape index (κ1) is 12.1. The van der Waals surface area contributed by atoms with Crippen LogP contribution in [0.1, 0.15) is 24.0 Å². The molecule has 0 aliphatic heterocycles. The molecule has 92 valence electrons. The molecule has 1 saturated carbocycles. The summed E-state index contributed by atoms with van der Waals surface area (Å²) >= 11 is 0. The maximum atomic E-state index is 11.0. The Morgan fingerprint density at radius 1 is 1.47 bits per heavy atom. The van der Waals surface area contributed by atoms with Crippen LogP contribution in [0.15, 0.2) is 24.3 Å². The molecule has 1 aliphatic carbocycles. The van der Waals surface area contributed by atoms with Crippen molar-refractivity contribution in [1.82, 2.24) is 5.32 Å². The van der Waals surface area contributed by atoms with E-state index in [4.69, 9.17) is 5.11 Å². The molecule has 0 spiro atoms. The van der Waals surface area contributed by atoms with Gasteiger partial charge in [-0.1, -0.05) is 29.8 Å². The standard InChI is InChI=1S/C14H19NO2/c1-11-3-2-4-12(9-11)5-8-15-10-14(6-7-14)13(16)17/h2-4,9,15H,5-8,10H2,1H3,(H,16,17). The van der Waals surface area contributed by atoms with Gasteiger partial charge in [0.2, 0.25) is 0 Å². The Kier molecular flexibility index (Phi) is 3.48. The Bertz CT molecular complexity index is 410. The Hall–Kier alpha value is -1.35. The molecule has 0 bridgehead atoms. The highest BCUT2D eigenvalue weighted by molar-refractivity contribution is 5.78. The van der Waals surface area contributed by atoms with Crippen molar-refractivity contribution in [2.45, 2.75) is 26.2 Å². The molecule has 1 aliphatic rings. The fraction of sp³-hybridized carbons (Fsp3) is 0.500. The summed E-state index contributed by atoms with van der Waals surface area (Å²) in [4.78, 5) is 11.0. The van der Waals surface area contributed by atoms with Gasteiger partial charge in [0.05, 0.1) is 5.41 Å². The van der Waals surface area contributed by atoms with Crippen LogP contribution in [-0.4, -0.2) is 24.2 Å². The monoisotopic (exact) mass is 233 g/mol. The van der Waals surface area contributed by atoms with Crippen LogP contribution in [0.25, 0.3) is 0 Å². The molecule has 0 saturated heterocycles. The van der Waals surface area contributed by atoms with Crippen molar-refractivity contribution in [3.8, 4) is 0 Å². The number of rotatable bonds is 6. The molecule has 0 aromatic heterocycles. The summed E-state index contributed by atoms with van der Waals surface area (Å²) in [5.41, 5.74) is 2.12. The predicted molar refractivity (Wildman–Crippen MR) is 67.1 cm³/mol. The molecule has 0 heterocycles. The molecule has 1 fully saturated rings. The molecule has 1 aromatic carbocycles. The zero-order valence-corrected chi connectivity index (χ0v) is 10.2. The molecule has 1 aromatic rings. The van der Waals surface area contributed by atoms with E-state index in [1.54, 1.807) is 0 Å². The van der Waals surface area contributed by atoms with Gasteiger partial charge in [-0.05, 0) is 38.3 Å². The maximum Gasteiger partial charge on any atom is 0.310 e. The lowest BCUT2D eigenvalue weighted by Crippen LogP contribution is -2.31. The van der Waals surface area contributed by atoms with E-state index in [-0.39, 0.29) is 0 Å². The lowest BCUT2D eigenvalue weighted by Gasteiger charge is -2.11. The summed E-state index contributed by atoms with van der Waals surface area (Å²) in [6, 6.07) is 8.43. The minimum absolute atomic E-state index is 0.452. The molecular formula is C14H19NO2. The number of hydrogen-bond acceptors (Lipinski definition) is 2. The van der Waals surface area contributed by atoms with Crippen molar-refractivity contribution in [3.63, 3.8) is 0 Å². The van der Waals surface area contributed by atoms with E-state index in [1.165, 1.54) is 11.1 Å². The smallest absolute Gasteiger partial charge is 0.310 e. The lowest BCUT2D eigenvalue weighted by molar-refractivity contribution is -0.143. The van der Waals surface area contributed by atoms with Gasteiger partial charge in [-0.3, -0.25) is 4.79 Å². The zero-order valence-electron chi connectivity index (χ0n) is 10.2. The van der Waals surface area contributed by atoms with Gasteiger partial charge in [0.15, 0.2) is 0 Å². The van der Waals surface area contributed by atoms with Crippen LogP contribution in [0.2, 0.25) is 0 Å². The molecule has 17 heavy (non-hydrogen) atoms. The number of carbonyl (C=O) groups is 1. The normalized spacial score (nSPS) is 16.8. The van der Waals surface area contributed by atoms with Gasteiger partial charge in [-0.15, -0.1) is 0 Å². The number of benzene rings is 1. The molecule has 3 nitrogen and oxygen atoms in total. The average Bonchev–Trinajstić information content (AvgIpc) is 3.06. The molecular weight excluding hydrogens is 214 g/mol. The molecule has 2 rings (SSSR count).